The smallest absolute Gasteiger partial charge is 0.191 e. The van der Waals surface area contributed by atoms with Crippen LogP contribution >= 0.6 is 11.6 Å². The van der Waals surface area contributed by atoms with E-state index in [1.54, 1.807) is 0 Å². The van der Waals surface area contributed by atoms with Gasteiger partial charge in [0.05, 0.1) is 6.54 Å². The molecule has 23 heavy (non-hydrogen) atoms. The van der Waals surface area contributed by atoms with Crippen molar-refractivity contribution < 1.29 is 4.74 Å². The molecule has 1 saturated heterocycles. The van der Waals surface area contributed by atoms with Crippen LogP contribution in [-0.2, 0) is 10.2 Å². The number of halogens is 1. The molecule has 128 valence electrons. The summed E-state index contributed by atoms with van der Waals surface area (Å²) in [6.45, 7) is 8.27. The third-order valence-electron chi connectivity index (χ3n) is 4.32. The number of guanidine groups is 1. The lowest BCUT2D eigenvalue weighted by Gasteiger charge is -2.37. The first-order valence-corrected chi connectivity index (χ1v) is 8.94. The van der Waals surface area contributed by atoms with Gasteiger partial charge in [-0.2, -0.15) is 0 Å². The maximum Gasteiger partial charge on any atom is 0.191 e. The van der Waals surface area contributed by atoms with Crippen LogP contribution < -0.4 is 10.6 Å². The topological polar surface area (TPSA) is 45.7 Å². The lowest BCUT2D eigenvalue weighted by atomic mass is 9.74. The van der Waals surface area contributed by atoms with E-state index in [9.17, 15) is 0 Å². The Morgan fingerprint density at radius 1 is 1.22 bits per heavy atom. The SMILES string of the molecule is CCCNC(=NCC1(c2ccccc2Cl)CCOCC1)NCC. The fourth-order valence-electron chi connectivity index (χ4n) is 2.98. The number of aliphatic imine (C=N–C) groups is 1. The van der Waals surface area contributed by atoms with Gasteiger partial charge in [-0.1, -0.05) is 36.7 Å². The van der Waals surface area contributed by atoms with Crippen molar-refractivity contribution in [1.29, 1.82) is 0 Å². The molecule has 1 aliphatic heterocycles. The Bertz CT molecular complexity index is 513. The van der Waals surface area contributed by atoms with Crippen LogP contribution in [-0.4, -0.2) is 38.8 Å². The zero-order valence-electron chi connectivity index (χ0n) is 14.2. The first-order chi connectivity index (χ1) is 11.2. The van der Waals surface area contributed by atoms with Gasteiger partial charge in [0.1, 0.15) is 0 Å². The fourth-order valence-corrected chi connectivity index (χ4v) is 3.32. The van der Waals surface area contributed by atoms with E-state index in [0.29, 0.717) is 0 Å². The number of nitrogens with zero attached hydrogens (tertiary/aromatic N) is 1. The van der Waals surface area contributed by atoms with Crippen LogP contribution in [0.15, 0.2) is 29.3 Å². The number of hydrogen-bond donors (Lipinski definition) is 2. The van der Waals surface area contributed by atoms with E-state index >= 15 is 0 Å². The van der Waals surface area contributed by atoms with Gasteiger partial charge in [0.15, 0.2) is 5.96 Å². The average molecular weight is 338 g/mol. The predicted molar refractivity (Wildman–Crippen MR) is 97.5 cm³/mol. The molecule has 4 nitrogen and oxygen atoms in total. The normalized spacial score (nSPS) is 17.8. The van der Waals surface area contributed by atoms with Crippen LogP contribution in [0.3, 0.4) is 0 Å². The molecule has 1 aliphatic rings. The van der Waals surface area contributed by atoms with Crippen molar-refractivity contribution in [1.82, 2.24) is 10.6 Å². The number of rotatable bonds is 6. The number of ether oxygens (including phenoxy) is 1. The largest absolute Gasteiger partial charge is 0.381 e. The molecule has 2 N–H and O–H groups in total. The minimum Gasteiger partial charge on any atom is -0.381 e. The predicted octanol–water partition coefficient (Wildman–Crippen LogP) is 3.35. The van der Waals surface area contributed by atoms with Crippen molar-refractivity contribution in [3.63, 3.8) is 0 Å². The van der Waals surface area contributed by atoms with E-state index in [2.05, 4.69) is 36.6 Å². The first kappa shape index (κ1) is 18.1. The second-order valence-electron chi connectivity index (χ2n) is 5.99. The molecular formula is C18H28ClN3O. The van der Waals surface area contributed by atoms with Gasteiger partial charge < -0.3 is 15.4 Å². The Morgan fingerprint density at radius 2 is 1.96 bits per heavy atom. The van der Waals surface area contributed by atoms with Gasteiger partial charge in [0.2, 0.25) is 0 Å². The highest BCUT2D eigenvalue weighted by atomic mass is 35.5. The molecule has 0 spiro atoms. The molecule has 0 aliphatic carbocycles. The monoisotopic (exact) mass is 337 g/mol. The number of hydrogen-bond acceptors (Lipinski definition) is 2. The Morgan fingerprint density at radius 3 is 2.61 bits per heavy atom. The van der Waals surface area contributed by atoms with E-state index in [0.717, 1.165) is 63.1 Å². The Balaban J connectivity index is 2.23. The molecule has 0 aromatic heterocycles. The fraction of sp³-hybridized carbons (Fsp3) is 0.611. The summed E-state index contributed by atoms with van der Waals surface area (Å²) in [5, 5.41) is 7.51. The Labute approximate surface area is 144 Å². The maximum absolute atomic E-state index is 6.49. The molecule has 0 radical (unpaired) electrons. The molecule has 0 amide bonds. The summed E-state index contributed by atoms with van der Waals surface area (Å²) in [4.78, 5) is 4.84. The first-order valence-electron chi connectivity index (χ1n) is 8.57. The molecule has 0 saturated carbocycles. The van der Waals surface area contributed by atoms with Crippen LogP contribution in [0, 0.1) is 0 Å². The Hall–Kier alpha value is -1.26. The highest BCUT2D eigenvalue weighted by molar-refractivity contribution is 6.31. The van der Waals surface area contributed by atoms with Gasteiger partial charge in [-0.3, -0.25) is 4.99 Å². The van der Waals surface area contributed by atoms with Crippen molar-refractivity contribution in [2.24, 2.45) is 4.99 Å². The molecule has 1 fully saturated rings. The molecule has 1 heterocycles. The summed E-state index contributed by atoms with van der Waals surface area (Å²) in [7, 11) is 0. The summed E-state index contributed by atoms with van der Waals surface area (Å²) < 4.78 is 5.58. The summed E-state index contributed by atoms with van der Waals surface area (Å²) in [5.41, 5.74) is 1.16. The van der Waals surface area contributed by atoms with Gasteiger partial charge in [-0.05, 0) is 37.8 Å². The quantitative estimate of drug-likeness (QED) is 0.618. The van der Waals surface area contributed by atoms with Crippen LogP contribution in [0.4, 0.5) is 0 Å². The molecule has 1 aromatic carbocycles. The second-order valence-corrected chi connectivity index (χ2v) is 6.40. The van der Waals surface area contributed by atoms with Crippen LogP contribution in [0.25, 0.3) is 0 Å². The molecule has 0 bridgehead atoms. The van der Waals surface area contributed by atoms with E-state index in [-0.39, 0.29) is 5.41 Å². The summed E-state index contributed by atoms with van der Waals surface area (Å²) in [6.07, 6.45) is 2.98. The van der Waals surface area contributed by atoms with Crippen molar-refractivity contribution in [3.05, 3.63) is 34.9 Å². The number of benzene rings is 1. The van der Waals surface area contributed by atoms with E-state index < -0.39 is 0 Å². The molecule has 0 atom stereocenters. The standard InChI is InChI=1S/C18H28ClN3O/c1-3-11-21-17(20-4-2)22-14-18(9-12-23-13-10-18)15-7-5-6-8-16(15)19/h5-8H,3-4,9-14H2,1-2H3,(H2,20,21,22). The van der Waals surface area contributed by atoms with Crippen molar-refractivity contribution in [2.45, 2.75) is 38.5 Å². The molecule has 2 rings (SSSR count). The van der Waals surface area contributed by atoms with E-state index in [4.69, 9.17) is 21.3 Å². The molecule has 5 heteroatoms. The van der Waals surface area contributed by atoms with Gasteiger partial charge in [0.25, 0.3) is 0 Å². The minimum atomic E-state index is -0.0365. The third-order valence-corrected chi connectivity index (χ3v) is 4.65. The lowest BCUT2D eigenvalue weighted by Crippen LogP contribution is -2.41. The second kappa shape index (κ2) is 9.14. The van der Waals surface area contributed by atoms with Crippen LogP contribution in [0.2, 0.25) is 5.02 Å². The summed E-state index contributed by atoms with van der Waals surface area (Å²) in [6, 6.07) is 8.14. The van der Waals surface area contributed by atoms with Crippen LogP contribution in [0.1, 0.15) is 38.7 Å². The Kier molecular flexibility index (Phi) is 7.18. The van der Waals surface area contributed by atoms with Crippen molar-refractivity contribution >= 4 is 17.6 Å². The zero-order valence-corrected chi connectivity index (χ0v) is 15.0. The van der Waals surface area contributed by atoms with Crippen molar-refractivity contribution in [3.8, 4) is 0 Å². The van der Waals surface area contributed by atoms with Gasteiger partial charge in [-0.15, -0.1) is 0 Å². The highest BCUT2D eigenvalue weighted by Crippen LogP contribution is 2.38. The number of nitrogens with one attached hydrogen (secondary N) is 2. The molecular weight excluding hydrogens is 310 g/mol. The minimum absolute atomic E-state index is 0.0365. The zero-order chi connectivity index (χ0) is 16.5. The van der Waals surface area contributed by atoms with Crippen molar-refractivity contribution in [2.75, 3.05) is 32.8 Å². The molecule has 0 unspecified atom stereocenters. The molecule has 1 aromatic rings. The highest BCUT2D eigenvalue weighted by Gasteiger charge is 2.36. The summed E-state index contributed by atoms with van der Waals surface area (Å²) >= 11 is 6.49. The van der Waals surface area contributed by atoms with Gasteiger partial charge in [-0.25, -0.2) is 0 Å². The van der Waals surface area contributed by atoms with E-state index in [1.807, 2.05) is 12.1 Å². The average Bonchev–Trinajstić information content (AvgIpc) is 2.58. The van der Waals surface area contributed by atoms with E-state index in [1.165, 1.54) is 5.56 Å². The maximum atomic E-state index is 6.49. The summed E-state index contributed by atoms with van der Waals surface area (Å²) in [5.74, 6) is 0.882. The van der Waals surface area contributed by atoms with Gasteiger partial charge in [0, 0.05) is 36.7 Å². The lowest BCUT2D eigenvalue weighted by molar-refractivity contribution is 0.0531. The van der Waals surface area contributed by atoms with Crippen LogP contribution in [0.5, 0.6) is 0 Å². The third kappa shape index (κ3) is 4.85. The van der Waals surface area contributed by atoms with Gasteiger partial charge >= 0.3 is 0 Å².